The van der Waals surface area contributed by atoms with Crippen LogP contribution in [0.3, 0.4) is 0 Å². The Morgan fingerprint density at radius 3 is 2.83 bits per heavy atom. The van der Waals surface area contributed by atoms with E-state index < -0.39 is 0 Å². The van der Waals surface area contributed by atoms with Gasteiger partial charge in [-0.15, -0.1) is 0 Å². The van der Waals surface area contributed by atoms with Crippen LogP contribution in [0.15, 0.2) is 18.2 Å². The number of benzene rings is 1. The molecule has 5 nitrogen and oxygen atoms in total. The van der Waals surface area contributed by atoms with Gasteiger partial charge >= 0.3 is 6.03 Å². The van der Waals surface area contributed by atoms with E-state index in [2.05, 4.69) is 19.2 Å². The molecule has 0 spiro atoms. The molecule has 1 N–H and O–H groups in total. The van der Waals surface area contributed by atoms with Crippen LogP contribution in [0.5, 0.6) is 11.5 Å². The number of fused-ring (bicyclic) bond motifs is 1. The summed E-state index contributed by atoms with van der Waals surface area (Å²) < 4.78 is 10.8. The van der Waals surface area contributed by atoms with Crippen molar-refractivity contribution in [2.75, 3.05) is 13.3 Å². The van der Waals surface area contributed by atoms with Crippen molar-refractivity contribution >= 4 is 6.03 Å². The number of carbonyl (C=O) groups is 1. The first-order chi connectivity index (χ1) is 11.6. The number of rotatable bonds is 4. The van der Waals surface area contributed by atoms with Crippen molar-refractivity contribution < 1.29 is 14.3 Å². The average molecular weight is 332 g/mol. The highest BCUT2D eigenvalue weighted by molar-refractivity contribution is 5.74. The van der Waals surface area contributed by atoms with E-state index in [9.17, 15) is 4.79 Å². The van der Waals surface area contributed by atoms with Crippen molar-refractivity contribution in [3.05, 3.63) is 23.8 Å². The maximum Gasteiger partial charge on any atom is 0.317 e. The first kappa shape index (κ1) is 16.9. The van der Waals surface area contributed by atoms with E-state index >= 15 is 0 Å². The summed E-state index contributed by atoms with van der Waals surface area (Å²) in [5.41, 5.74) is 1.06. The Hall–Kier alpha value is -1.91. The average Bonchev–Trinajstić information content (AvgIpc) is 3.04. The summed E-state index contributed by atoms with van der Waals surface area (Å²) in [6.07, 6.45) is 3.55. The van der Waals surface area contributed by atoms with Crippen molar-refractivity contribution in [3.63, 3.8) is 0 Å². The second kappa shape index (κ2) is 7.32. The highest BCUT2D eigenvalue weighted by atomic mass is 16.7. The minimum atomic E-state index is 0.0288. The Kier molecular flexibility index (Phi) is 5.17. The molecule has 0 saturated heterocycles. The van der Waals surface area contributed by atoms with E-state index in [4.69, 9.17) is 9.47 Å². The molecule has 5 heteroatoms. The molecule has 0 aromatic heterocycles. The van der Waals surface area contributed by atoms with Gasteiger partial charge in [0, 0.05) is 19.1 Å². The van der Waals surface area contributed by atoms with Crippen LogP contribution in [0.4, 0.5) is 4.79 Å². The summed E-state index contributed by atoms with van der Waals surface area (Å²) in [5, 5.41) is 3.25. The molecule has 132 valence electrons. The first-order valence-corrected chi connectivity index (χ1v) is 9.02. The highest BCUT2D eigenvalue weighted by Gasteiger charge is 2.29. The van der Waals surface area contributed by atoms with Crippen LogP contribution in [0.2, 0.25) is 0 Å². The highest BCUT2D eigenvalue weighted by Crippen LogP contribution is 2.33. The zero-order valence-corrected chi connectivity index (χ0v) is 14.9. The van der Waals surface area contributed by atoms with Crippen LogP contribution in [0.25, 0.3) is 0 Å². The van der Waals surface area contributed by atoms with Gasteiger partial charge in [0.1, 0.15) is 0 Å². The zero-order valence-electron chi connectivity index (χ0n) is 14.9. The lowest BCUT2D eigenvalue weighted by Gasteiger charge is -2.36. The van der Waals surface area contributed by atoms with Crippen molar-refractivity contribution in [3.8, 4) is 11.5 Å². The van der Waals surface area contributed by atoms with Crippen molar-refractivity contribution in [1.29, 1.82) is 0 Å². The molecule has 2 amide bonds. The molecule has 3 rings (SSSR count). The Morgan fingerprint density at radius 1 is 1.25 bits per heavy atom. The van der Waals surface area contributed by atoms with Crippen LogP contribution in [0, 0.1) is 11.8 Å². The van der Waals surface area contributed by atoms with Crippen LogP contribution in [-0.4, -0.2) is 30.3 Å². The van der Waals surface area contributed by atoms with E-state index in [1.807, 2.05) is 30.0 Å². The van der Waals surface area contributed by atoms with Crippen molar-refractivity contribution in [2.45, 2.75) is 52.6 Å². The molecule has 1 saturated carbocycles. The number of nitrogens with one attached hydrogen (secondary N) is 1. The third-order valence-corrected chi connectivity index (χ3v) is 5.50. The molecule has 1 aliphatic heterocycles. The third-order valence-electron chi connectivity index (χ3n) is 5.50. The molecule has 1 fully saturated rings. The van der Waals surface area contributed by atoms with Gasteiger partial charge in [0.2, 0.25) is 6.79 Å². The third kappa shape index (κ3) is 3.60. The number of urea groups is 1. The fourth-order valence-electron chi connectivity index (χ4n) is 3.62. The minimum Gasteiger partial charge on any atom is -0.454 e. The van der Waals surface area contributed by atoms with Gasteiger partial charge in [0.25, 0.3) is 0 Å². The van der Waals surface area contributed by atoms with Crippen molar-refractivity contribution in [1.82, 2.24) is 10.2 Å². The molecule has 2 aliphatic rings. The largest absolute Gasteiger partial charge is 0.454 e. The van der Waals surface area contributed by atoms with E-state index in [0.717, 1.165) is 23.5 Å². The van der Waals surface area contributed by atoms with Gasteiger partial charge in [0.05, 0.1) is 0 Å². The molecule has 3 unspecified atom stereocenters. The maximum atomic E-state index is 12.7. The summed E-state index contributed by atoms with van der Waals surface area (Å²) in [4.78, 5) is 14.5. The zero-order chi connectivity index (χ0) is 17.1. The van der Waals surface area contributed by atoms with E-state index in [1.165, 1.54) is 12.8 Å². The molecule has 24 heavy (non-hydrogen) atoms. The SMILES string of the molecule is CCN(Cc1ccc2c(c1)OCO2)C(=O)NC1CCCC(C)C1C. The fraction of sp³-hybridized carbons (Fsp3) is 0.632. The number of hydrogen-bond acceptors (Lipinski definition) is 3. The number of carbonyl (C=O) groups excluding carboxylic acids is 1. The molecule has 1 heterocycles. The summed E-state index contributed by atoms with van der Waals surface area (Å²) in [5.74, 6) is 2.75. The molecule has 3 atom stereocenters. The Labute approximate surface area is 144 Å². The van der Waals surface area contributed by atoms with Crippen LogP contribution in [-0.2, 0) is 6.54 Å². The number of ether oxygens (including phenoxy) is 2. The monoisotopic (exact) mass is 332 g/mol. The van der Waals surface area contributed by atoms with Crippen molar-refractivity contribution in [2.24, 2.45) is 11.8 Å². The van der Waals surface area contributed by atoms with Gasteiger partial charge < -0.3 is 19.7 Å². The lowest BCUT2D eigenvalue weighted by atomic mass is 9.78. The summed E-state index contributed by atoms with van der Waals surface area (Å²) in [7, 11) is 0. The van der Waals surface area contributed by atoms with E-state index in [0.29, 0.717) is 24.9 Å². The lowest BCUT2D eigenvalue weighted by molar-refractivity contribution is 0.167. The molecule has 1 aromatic rings. The molecule has 1 aliphatic carbocycles. The summed E-state index contributed by atoms with van der Waals surface area (Å²) in [6.45, 7) is 8.08. The van der Waals surface area contributed by atoms with Gasteiger partial charge in [-0.3, -0.25) is 0 Å². The van der Waals surface area contributed by atoms with Crippen LogP contribution >= 0.6 is 0 Å². The number of hydrogen-bond donors (Lipinski definition) is 1. The predicted molar refractivity (Wildman–Crippen MR) is 93.1 cm³/mol. The number of nitrogens with zero attached hydrogens (tertiary/aromatic N) is 1. The molecular weight excluding hydrogens is 304 g/mol. The molecule has 0 bridgehead atoms. The van der Waals surface area contributed by atoms with E-state index in [-0.39, 0.29) is 18.9 Å². The van der Waals surface area contributed by atoms with Gasteiger partial charge in [0.15, 0.2) is 11.5 Å². The lowest BCUT2D eigenvalue weighted by Crippen LogP contribution is -2.49. The van der Waals surface area contributed by atoms with Gasteiger partial charge in [-0.2, -0.15) is 0 Å². The predicted octanol–water partition coefficient (Wildman–Crippen LogP) is 3.77. The van der Waals surface area contributed by atoms with Gasteiger partial charge in [-0.25, -0.2) is 4.79 Å². The molecular formula is C19H28N2O3. The topological polar surface area (TPSA) is 50.8 Å². The van der Waals surface area contributed by atoms with Crippen LogP contribution in [0.1, 0.15) is 45.6 Å². The van der Waals surface area contributed by atoms with Gasteiger partial charge in [-0.05, 0) is 42.9 Å². The van der Waals surface area contributed by atoms with Gasteiger partial charge in [-0.1, -0.05) is 32.8 Å². The fourth-order valence-corrected chi connectivity index (χ4v) is 3.62. The standard InChI is InChI=1S/C19H28N2O3/c1-4-21(11-15-8-9-17-18(10-15)24-12-23-17)19(22)20-16-7-5-6-13(2)14(16)3/h8-10,13-14,16H,4-7,11-12H2,1-3H3,(H,20,22). The Morgan fingerprint density at radius 2 is 2.04 bits per heavy atom. The first-order valence-electron chi connectivity index (χ1n) is 9.02. The molecule has 1 aromatic carbocycles. The Balaban J connectivity index is 1.62. The minimum absolute atomic E-state index is 0.0288. The smallest absolute Gasteiger partial charge is 0.317 e. The maximum absolute atomic E-state index is 12.7. The second-order valence-corrected chi connectivity index (χ2v) is 7.03. The number of amides is 2. The quantitative estimate of drug-likeness (QED) is 0.913. The summed E-state index contributed by atoms with van der Waals surface area (Å²) in [6, 6.07) is 6.18. The normalized spacial score (nSPS) is 25.4. The van der Waals surface area contributed by atoms with Crippen LogP contribution < -0.4 is 14.8 Å². The molecule has 0 radical (unpaired) electrons. The second-order valence-electron chi connectivity index (χ2n) is 7.03. The summed E-state index contributed by atoms with van der Waals surface area (Å²) >= 11 is 0. The van der Waals surface area contributed by atoms with E-state index in [1.54, 1.807) is 0 Å². The Bertz CT molecular complexity index is 590.